The molecule has 2 bridgehead atoms. The van der Waals surface area contributed by atoms with Crippen LogP contribution < -0.4 is 5.32 Å². The Bertz CT molecular complexity index is 322. The molecule has 2 aliphatic rings. The Morgan fingerprint density at radius 3 is 2.67 bits per heavy atom. The molecule has 0 aromatic carbocycles. The fraction of sp³-hybridized carbons (Fsp3) is 0.833. The van der Waals surface area contributed by atoms with Crippen molar-refractivity contribution in [1.82, 2.24) is 5.32 Å². The lowest BCUT2D eigenvalue weighted by Crippen LogP contribution is -2.47. The van der Waals surface area contributed by atoms with Gasteiger partial charge in [0, 0.05) is 12.0 Å². The minimum absolute atomic E-state index is 0.0388. The first-order valence-corrected chi connectivity index (χ1v) is 5.78. The van der Waals surface area contributed by atoms with Crippen molar-refractivity contribution in [1.29, 1.82) is 0 Å². The third kappa shape index (κ3) is 1.18. The molecule has 0 aromatic heterocycles. The Morgan fingerprint density at radius 1 is 1.53 bits per heavy atom. The number of ketones is 1. The molecule has 2 aliphatic carbocycles. The zero-order valence-electron chi connectivity index (χ0n) is 9.72. The molecule has 3 nitrogen and oxygen atoms in total. The molecule has 0 radical (unpaired) electrons. The average molecular weight is 209 g/mol. The zero-order valence-corrected chi connectivity index (χ0v) is 9.72. The van der Waals surface area contributed by atoms with E-state index in [9.17, 15) is 9.59 Å². The molecule has 15 heavy (non-hydrogen) atoms. The zero-order chi connectivity index (χ0) is 11.3. The number of amides is 1. The molecule has 84 valence electrons. The summed E-state index contributed by atoms with van der Waals surface area (Å²) in [5, 5.41) is 2.81. The van der Waals surface area contributed by atoms with Crippen LogP contribution in [0.5, 0.6) is 0 Å². The minimum Gasteiger partial charge on any atom is -0.356 e. The highest BCUT2D eigenvalue weighted by atomic mass is 16.2. The first-order chi connectivity index (χ1) is 6.95. The molecule has 2 saturated carbocycles. The highest BCUT2D eigenvalue weighted by Crippen LogP contribution is 2.60. The Labute approximate surface area is 90.6 Å². The number of nitrogens with one attached hydrogen (secondary N) is 1. The fourth-order valence-corrected chi connectivity index (χ4v) is 3.31. The van der Waals surface area contributed by atoms with Gasteiger partial charge in [-0.15, -0.1) is 0 Å². The standard InChI is InChI=1S/C12H19NO2/c1-4-13-10(15)12-6-5-8(7-12)11(2,3)9(12)14/h8H,4-7H2,1-3H3,(H,13,15). The lowest BCUT2D eigenvalue weighted by Gasteiger charge is -2.32. The molecule has 2 atom stereocenters. The van der Waals surface area contributed by atoms with E-state index < -0.39 is 5.41 Å². The van der Waals surface area contributed by atoms with Crippen molar-refractivity contribution in [3.63, 3.8) is 0 Å². The summed E-state index contributed by atoms with van der Waals surface area (Å²) >= 11 is 0. The fourth-order valence-electron chi connectivity index (χ4n) is 3.31. The molecule has 2 fully saturated rings. The van der Waals surface area contributed by atoms with E-state index in [1.54, 1.807) is 0 Å². The molecular formula is C12H19NO2. The van der Waals surface area contributed by atoms with Gasteiger partial charge in [-0.1, -0.05) is 13.8 Å². The van der Waals surface area contributed by atoms with Crippen LogP contribution >= 0.6 is 0 Å². The lowest BCUT2D eigenvalue weighted by atomic mass is 9.70. The van der Waals surface area contributed by atoms with Gasteiger partial charge in [0.2, 0.25) is 5.91 Å². The Hall–Kier alpha value is -0.860. The van der Waals surface area contributed by atoms with E-state index in [4.69, 9.17) is 0 Å². The van der Waals surface area contributed by atoms with Gasteiger partial charge in [0.15, 0.2) is 5.78 Å². The second-order valence-corrected chi connectivity index (χ2v) is 5.43. The highest BCUT2D eigenvalue weighted by Gasteiger charge is 2.64. The number of carbonyl (C=O) groups is 2. The summed E-state index contributed by atoms with van der Waals surface area (Å²) in [5.74, 6) is 0.535. The monoisotopic (exact) mass is 209 g/mol. The number of Topliss-reactive ketones (excluding diaryl/α,β-unsaturated/α-hetero) is 1. The summed E-state index contributed by atoms with van der Waals surface area (Å²) in [6, 6.07) is 0. The molecule has 2 rings (SSSR count). The third-order valence-electron chi connectivity index (χ3n) is 4.33. The highest BCUT2D eigenvalue weighted by molar-refractivity contribution is 6.10. The normalized spacial score (nSPS) is 37.0. The summed E-state index contributed by atoms with van der Waals surface area (Å²) < 4.78 is 0. The van der Waals surface area contributed by atoms with Gasteiger partial charge < -0.3 is 5.32 Å². The van der Waals surface area contributed by atoms with E-state index in [0.29, 0.717) is 12.5 Å². The maximum absolute atomic E-state index is 12.3. The second-order valence-electron chi connectivity index (χ2n) is 5.43. The predicted molar refractivity (Wildman–Crippen MR) is 57.2 cm³/mol. The van der Waals surface area contributed by atoms with Crippen LogP contribution in [0.2, 0.25) is 0 Å². The van der Waals surface area contributed by atoms with Crippen molar-refractivity contribution in [3.05, 3.63) is 0 Å². The van der Waals surface area contributed by atoms with Crippen molar-refractivity contribution in [2.75, 3.05) is 6.54 Å². The molecule has 0 aliphatic heterocycles. The van der Waals surface area contributed by atoms with Crippen LogP contribution in [0, 0.1) is 16.7 Å². The van der Waals surface area contributed by atoms with Crippen molar-refractivity contribution < 1.29 is 9.59 Å². The van der Waals surface area contributed by atoms with Crippen LogP contribution in [-0.4, -0.2) is 18.2 Å². The van der Waals surface area contributed by atoms with Gasteiger partial charge in [-0.3, -0.25) is 9.59 Å². The van der Waals surface area contributed by atoms with Gasteiger partial charge >= 0.3 is 0 Å². The van der Waals surface area contributed by atoms with Gasteiger partial charge in [0.05, 0.1) is 0 Å². The van der Waals surface area contributed by atoms with Gasteiger partial charge in [0.1, 0.15) is 5.41 Å². The van der Waals surface area contributed by atoms with Crippen LogP contribution in [0.1, 0.15) is 40.0 Å². The molecule has 0 saturated heterocycles. The van der Waals surface area contributed by atoms with Crippen molar-refractivity contribution in [2.24, 2.45) is 16.7 Å². The SMILES string of the molecule is CCNC(=O)C12CCC(C1)C(C)(C)C2=O. The minimum atomic E-state index is -0.676. The molecular weight excluding hydrogens is 190 g/mol. The van der Waals surface area contributed by atoms with Gasteiger partial charge in [0.25, 0.3) is 0 Å². The Balaban J connectivity index is 2.31. The Morgan fingerprint density at radius 2 is 2.20 bits per heavy atom. The lowest BCUT2D eigenvalue weighted by molar-refractivity contribution is -0.145. The first kappa shape index (κ1) is 10.7. The number of hydrogen-bond acceptors (Lipinski definition) is 2. The molecule has 0 heterocycles. The molecule has 0 aromatic rings. The number of hydrogen-bond donors (Lipinski definition) is 1. The van der Waals surface area contributed by atoms with Gasteiger partial charge in [-0.05, 0) is 32.1 Å². The largest absolute Gasteiger partial charge is 0.356 e. The molecule has 2 unspecified atom stereocenters. The number of rotatable bonds is 2. The van der Waals surface area contributed by atoms with Gasteiger partial charge in [-0.2, -0.15) is 0 Å². The van der Waals surface area contributed by atoms with E-state index in [2.05, 4.69) is 5.32 Å². The number of carbonyl (C=O) groups excluding carboxylic acids is 2. The van der Waals surface area contributed by atoms with E-state index in [1.165, 1.54) is 0 Å². The van der Waals surface area contributed by atoms with E-state index in [-0.39, 0.29) is 17.1 Å². The summed E-state index contributed by atoms with van der Waals surface area (Å²) in [4.78, 5) is 24.3. The summed E-state index contributed by atoms with van der Waals surface area (Å²) in [6.45, 7) is 6.48. The topological polar surface area (TPSA) is 46.2 Å². The average Bonchev–Trinajstić information content (AvgIpc) is 2.68. The van der Waals surface area contributed by atoms with E-state index >= 15 is 0 Å². The first-order valence-electron chi connectivity index (χ1n) is 5.78. The van der Waals surface area contributed by atoms with Crippen LogP contribution in [0.25, 0.3) is 0 Å². The van der Waals surface area contributed by atoms with E-state index in [0.717, 1.165) is 19.3 Å². The molecule has 3 heteroatoms. The Kier molecular flexibility index (Phi) is 2.18. The van der Waals surface area contributed by atoms with E-state index in [1.807, 2.05) is 20.8 Å². The molecule has 0 spiro atoms. The summed E-state index contributed by atoms with van der Waals surface area (Å²) in [6.07, 6.45) is 2.55. The maximum Gasteiger partial charge on any atom is 0.233 e. The predicted octanol–water partition coefficient (Wildman–Crippen LogP) is 1.52. The van der Waals surface area contributed by atoms with Crippen molar-refractivity contribution >= 4 is 11.7 Å². The van der Waals surface area contributed by atoms with Crippen LogP contribution in [0.4, 0.5) is 0 Å². The maximum atomic E-state index is 12.3. The van der Waals surface area contributed by atoms with Crippen molar-refractivity contribution in [3.8, 4) is 0 Å². The van der Waals surface area contributed by atoms with Crippen LogP contribution in [0.15, 0.2) is 0 Å². The molecule has 1 N–H and O–H groups in total. The second kappa shape index (κ2) is 3.06. The van der Waals surface area contributed by atoms with Crippen LogP contribution in [-0.2, 0) is 9.59 Å². The van der Waals surface area contributed by atoms with Crippen molar-refractivity contribution in [2.45, 2.75) is 40.0 Å². The number of fused-ring (bicyclic) bond motifs is 2. The van der Waals surface area contributed by atoms with Crippen LogP contribution in [0.3, 0.4) is 0 Å². The van der Waals surface area contributed by atoms with Gasteiger partial charge in [-0.25, -0.2) is 0 Å². The summed E-state index contributed by atoms with van der Waals surface area (Å²) in [7, 11) is 0. The molecule has 1 amide bonds. The smallest absolute Gasteiger partial charge is 0.233 e. The quantitative estimate of drug-likeness (QED) is 0.701. The third-order valence-corrected chi connectivity index (χ3v) is 4.33. The summed E-state index contributed by atoms with van der Waals surface area (Å²) in [5.41, 5.74) is -0.965.